The maximum atomic E-state index is 12.9. The number of hydrogen-bond acceptors (Lipinski definition) is 6. The lowest BCUT2D eigenvalue weighted by molar-refractivity contribution is -0.117. The molecule has 3 aromatic rings. The van der Waals surface area contributed by atoms with Crippen LogP contribution < -0.4 is 16.1 Å². The molecule has 0 fully saturated rings. The number of fused-ring (bicyclic) bond motifs is 3. The zero-order valence-electron chi connectivity index (χ0n) is 14.6. The van der Waals surface area contributed by atoms with Gasteiger partial charge in [-0.25, -0.2) is 4.79 Å². The highest BCUT2D eigenvalue weighted by molar-refractivity contribution is 5.77. The van der Waals surface area contributed by atoms with E-state index in [1.54, 1.807) is 13.3 Å². The molecule has 0 aliphatic carbocycles. The molecule has 26 heavy (non-hydrogen) atoms. The van der Waals surface area contributed by atoms with Crippen molar-refractivity contribution in [3.8, 4) is 0 Å². The first kappa shape index (κ1) is 16.4. The van der Waals surface area contributed by atoms with E-state index in [4.69, 9.17) is 4.42 Å². The number of ketones is 1. The number of rotatable bonds is 4. The molecule has 0 aromatic carbocycles. The number of nitrogens with zero attached hydrogens (tertiary/aromatic N) is 5. The standard InChI is InChI=1S/C17H19N5O4/c1-11(23)9-22-15(24)13-14(19(2)17(22)25)18-16-20(6-4-7-21(13)16)10-12-5-3-8-26-12/h3,5,8H,4,6-7,9-10H2,1-2H3. The van der Waals surface area contributed by atoms with E-state index < -0.39 is 11.2 Å². The van der Waals surface area contributed by atoms with Crippen LogP contribution in [0, 0.1) is 0 Å². The minimum atomic E-state index is -0.536. The van der Waals surface area contributed by atoms with Crippen LogP contribution in [0.15, 0.2) is 32.4 Å². The molecule has 0 amide bonds. The van der Waals surface area contributed by atoms with Gasteiger partial charge in [0.1, 0.15) is 11.5 Å². The summed E-state index contributed by atoms with van der Waals surface area (Å²) in [6.45, 7) is 3.06. The summed E-state index contributed by atoms with van der Waals surface area (Å²) in [5, 5.41) is 0. The lowest BCUT2D eigenvalue weighted by Crippen LogP contribution is -2.41. The van der Waals surface area contributed by atoms with Crippen molar-refractivity contribution in [2.24, 2.45) is 7.05 Å². The van der Waals surface area contributed by atoms with E-state index >= 15 is 0 Å². The van der Waals surface area contributed by atoms with E-state index in [1.165, 1.54) is 11.5 Å². The van der Waals surface area contributed by atoms with Crippen LogP contribution in [0.3, 0.4) is 0 Å². The zero-order chi connectivity index (χ0) is 18.4. The molecular formula is C17H19N5O4. The highest BCUT2D eigenvalue weighted by Crippen LogP contribution is 2.25. The third-order valence-electron chi connectivity index (χ3n) is 4.61. The SMILES string of the molecule is CC(=O)Cn1c(=O)c2c(nc3n2CCCN3Cc2ccco2)n(C)c1=O. The van der Waals surface area contributed by atoms with Crippen LogP contribution in [0.5, 0.6) is 0 Å². The Kier molecular flexibility index (Phi) is 3.78. The summed E-state index contributed by atoms with van der Waals surface area (Å²) in [5.74, 6) is 1.19. The van der Waals surface area contributed by atoms with E-state index in [0.29, 0.717) is 30.2 Å². The lowest BCUT2D eigenvalue weighted by Gasteiger charge is -2.28. The molecule has 0 spiro atoms. The summed E-state index contributed by atoms with van der Waals surface area (Å²) in [6.07, 6.45) is 2.46. The molecule has 0 saturated carbocycles. The first-order valence-electron chi connectivity index (χ1n) is 8.44. The van der Waals surface area contributed by atoms with Gasteiger partial charge in [-0.05, 0) is 25.5 Å². The van der Waals surface area contributed by atoms with Crippen molar-refractivity contribution in [2.75, 3.05) is 11.4 Å². The van der Waals surface area contributed by atoms with Gasteiger partial charge in [0.25, 0.3) is 5.56 Å². The minimum Gasteiger partial charge on any atom is -0.467 e. The van der Waals surface area contributed by atoms with Crippen LogP contribution in [0.2, 0.25) is 0 Å². The molecule has 0 radical (unpaired) electrons. The van der Waals surface area contributed by atoms with Gasteiger partial charge >= 0.3 is 5.69 Å². The van der Waals surface area contributed by atoms with Crippen molar-refractivity contribution < 1.29 is 9.21 Å². The molecule has 0 atom stereocenters. The molecule has 0 bridgehead atoms. The van der Waals surface area contributed by atoms with Crippen LogP contribution in [0.4, 0.5) is 5.95 Å². The summed E-state index contributed by atoms with van der Waals surface area (Å²) >= 11 is 0. The largest absolute Gasteiger partial charge is 0.467 e. The van der Waals surface area contributed by atoms with Gasteiger partial charge in [-0.2, -0.15) is 4.98 Å². The Morgan fingerprint density at radius 2 is 2.12 bits per heavy atom. The molecule has 1 aliphatic heterocycles. The van der Waals surface area contributed by atoms with E-state index in [0.717, 1.165) is 23.3 Å². The highest BCUT2D eigenvalue weighted by Gasteiger charge is 2.26. The number of hydrogen-bond donors (Lipinski definition) is 0. The monoisotopic (exact) mass is 357 g/mol. The van der Waals surface area contributed by atoms with Gasteiger partial charge < -0.3 is 13.9 Å². The second-order valence-electron chi connectivity index (χ2n) is 6.53. The number of carbonyl (C=O) groups excluding carboxylic acids is 1. The first-order valence-corrected chi connectivity index (χ1v) is 8.44. The molecule has 9 nitrogen and oxygen atoms in total. The Labute approximate surface area is 148 Å². The van der Waals surface area contributed by atoms with Crippen molar-refractivity contribution in [1.29, 1.82) is 0 Å². The van der Waals surface area contributed by atoms with Crippen molar-refractivity contribution in [2.45, 2.75) is 33.0 Å². The molecule has 0 saturated heterocycles. The average molecular weight is 357 g/mol. The van der Waals surface area contributed by atoms with E-state index in [2.05, 4.69) is 4.98 Å². The van der Waals surface area contributed by atoms with Gasteiger partial charge in [0.15, 0.2) is 11.2 Å². The van der Waals surface area contributed by atoms with Crippen molar-refractivity contribution >= 4 is 22.9 Å². The maximum absolute atomic E-state index is 12.9. The number of carbonyl (C=O) groups is 1. The van der Waals surface area contributed by atoms with E-state index in [1.807, 2.05) is 21.6 Å². The third-order valence-corrected chi connectivity index (χ3v) is 4.61. The number of furan rings is 1. The fraction of sp³-hybridized carbons (Fsp3) is 0.412. The van der Waals surface area contributed by atoms with Gasteiger partial charge in [-0.15, -0.1) is 0 Å². The summed E-state index contributed by atoms with van der Waals surface area (Å²) in [7, 11) is 1.57. The quantitative estimate of drug-likeness (QED) is 0.674. The average Bonchev–Trinajstić information content (AvgIpc) is 3.24. The van der Waals surface area contributed by atoms with Crippen molar-refractivity contribution in [1.82, 2.24) is 18.7 Å². The number of aryl methyl sites for hydroxylation is 2. The van der Waals surface area contributed by atoms with Gasteiger partial charge in [-0.1, -0.05) is 0 Å². The Morgan fingerprint density at radius 3 is 2.81 bits per heavy atom. The zero-order valence-corrected chi connectivity index (χ0v) is 14.6. The van der Waals surface area contributed by atoms with E-state index in [9.17, 15) is 14.4 Å². The molecule has 4 rings (SSSR count). The second kappa shape index (κ2) is 6.01. The predicted octanol–water partition coefficient (Wildman–Crippen LogP) is 0.489. The van der Waals surface area contributed by atoms with Crippen LogP contribution >= 0.6 is 0 Å². The van der Waals surface area contributed by atoms with Crippen LogP contribution in [-0.2, 0) is 31.5 Å². The number of anilines is 1. The third kappa shape index (κ3) is 2.47. The molecule has 0 unspecified atom stereocenters. The molecule has 136 valence electrons. The minimum absolute atomic E-state index is 0.238. The lowest BCUT2D eigenvalue weighted by atomic mass is 10.3. The Bertz CT molecular complexity index is 1100. The number of imidazole rings is 1. The summed E-state index contributed by atoms with van der Waals surface area (Å²) in [4.78, 5) is 43.4. The smallest absolute Gasteiger partial charge is 0.332 e. The Balaban J connectivity index is 1.91. The molecule has 3 aromatic heterocycles. The molecule has 1 aliphatic rings. The van der Waals surface area contributed by atoms with Crippen molar-refractivity contribution in [3.05, 3.63) is 45.0 Å². The second-order valence-corrected chi connectivity index (χ2v) is 6.53. The van der Waals surface area contributed by atoms with Gasteiger partial charge in [0.2, 0.25) is 5.95 Å². The van der Waals surface area contributed by atoms with Crippen LogP contribution in [-0.4, -0.2) is 31.0 Å². The Hall–Kier alpha value is -3.10. The fourth-order valence-electron chi connectivity index (χ4n) is 3.44. The normalized spacial score (nSPS) is 14.0. The first-order chi connectivity index (χ1) is 12.5. The topological polar surface area (TPSA) is 95.3 Å². The molecular weight excluding hydrogens is 338 g/mol. The Morgan fingerprint density at radius 1 is 1.31 bits per heavy atom. The van der Waals surface area contributed by atoms with Crippen LogP contribution in [0.25, 0.3) is 11.2 Å². The predicted molar refractivity (Wildman–Crippen MR) is 94.3 cm³/mol. The molecule has 4 heterocycles. The van der Waals surface area contributed by atoms with E-state index in [-0.39, 0.29) is 12.3 Å². The fourth-order valence-corrected chi connectivity index (χ4v) is 3.44. The van der Waals surface area contributed by atoms with Gasteiger partial charge in [0, 0.05) is 20.1 Å². The summed E-state index contributed by atoms with van der Waals surface area (Å²) < 4.78 is 9.56. The maximum Gasteiger partial charge on any atom is 0.332 e. The van der Waals surface area contributed by atoms with Gasteiger partial charge in [0.05, 0.1) is 19.4 Å². The summed E-state index contributed by atoms with van der Waals surface area (Å²) in [5.41, 5.74) is -0.323. The summed E-state index contributed by atoms with van der Waals surface area (Å²) in [6, 6.07) is 3.71. The highest BCUT2D eigenvalue weighted by atomic mass is 16.3. The molecule has 0 N–H and O–H groups in total. The molecule has 9 heteroatoms. The van der Waals surface area contributed by atoms with Crippen molar-refractivity contribution in [3.63, 3.8) is 0 Å². The van der Waals surface area contributed by atoms with Crippen LogP contribution in [0.1, 0.15) is 19.1 Å². The van der Waals surface area contributed by atoms with Gasteiger partial charge in [-0.3, -0.25) is 18.7 Å². The number of Topliss-reactive ketones (excluding diaryl/α,β-unsaturated/α-hetero) is 1. The number of aromatic nitrogens is 4.